The lowest BCUT2D eigenvalue weighted by atomic mass is 10.2. The molecule has 1 aromatic rings. The highest BCUT2D eigenvalue weighted by Crippen LogP contribution is 2.56. The van der Waals surface area contributed by atoms with Gasteiger partial charge in [-0.1, -0.05) is 12.1 Å². The Hall–Kier alpha value is -1.60. The molecule has 0 bridgehead atoms. The van der Waals surface area contributed by atoms with Crippen LogP contribution in [0.25, 0.3) is 6.08 Å². The van der Waals surface area contributed by atoms with Gasteiger partial charge in [-0.15, -0.1) is 0 Å². The molecule has 0 heterocycles. The molecule has 0 aliphatic rings. The zero-order valence-electron chi connectivity index (χ0n) is 11.8. The molecule has 0 aliphatic heterocycles. The number of rotatable bonds is 7. The molecule has 6 heteroatoms. The van der Waals surface area contributed by atoms with Crippen LogP contribution in [-0.2, 0) is 13.6 Å². The van der Waals surface area contributed by atoms with Gasteiger partial charge in [0.25, 0.3) is 0 Å². The smallest absolute Gasteiger partial charge is 0.371 e. The number of benzene rings is 1. The molecule has 5 nitrogen and oxygen atoms in total. The van der Waals surface area contributed by atoms with Crippen molar-refractivity contribution < 1.29 is 18.3 Å². The number of hydrogen-bond acceptors (Lipinski definition) is 5. The van der Waals surface area contributed by atoms with Gasteiger partial charge < -0.3 is 13.8 Å². The molecule has 0 atom stereocenters. The number of methoxy groups -OCH3 is 1. The van der Waals surface area contributed by atoms with E-state index < -0.39 is 7.60 Å². The summed E-state index contributed by atoms with van der Waals surface area (Å²) >= 11 is 0. The van der Waals surface area contributed by atoms with E-state index in [1.165, 1.54) is 6.08 Å². The zero-order chi connectivity index (χ0) is 15.0. The van der Waals surface area contributed by atoms with Crippen molar-refractivity contribution in [1.29, 1.82) is 5.26 Å². The van der Waals surface area contributed by atoms with Crippen molar-refractivity contribution in [3.05, 3.63) is 35.1 Å². The standard InChI is InChI=1S/C14H18NO4P/c1-4-18-20(16,19-5-2)14(11-15)10-12-6-8-13(17-3)9-7-12/h6-10H,4-5H2,1-3H3. The average Bonchev–Trinajstić information content (AvgIpc) is 2.45. The highest BCUT2D eigenvalue weighted by Gasteiger charge is 2.29. The maximum Gasteiger partial charge on any atom is 0.371 e. The van der Waals surface area contributed by atoms with Gasteiger partial charge in [0.2, 0.25) is 0 Å². The molecule has 20 heavy (non-hydrogen) atoms. The average molecular weight is 295 g/mol. The minimum Gasteiger partial charge on any atom is -0.497 e. The van der Waals surface area contributed by atoms with E-state index >= 15 is 0 Å². The van der Waals surface area contributed by atoms with Crippen LogP contribution in [0.2, 0.25) is 0 Å². The first-order chi connectivity index (χ1) is 9.59. The van der Waals surface area contributed by atoms with Gasteiger partial charge in [0.1, 0.15) is 17.1 Å². The van der Waals surface area contributed by atoms with Crippen LogP contribution in [0.5, 0.6) is 5.75 Å². The lowest BCUT2D eigenvalue weighted by Gasteiger charge is -2.15. The zero-order valence-corrected chi connectivity index (χ0v) is 12.7. The van der Waals surface area contributed by atoms with E-state index in [-0.39, 0.29) is 18.5 Å². The van der Waals surface area contributed by atoms with Gasteiger partial charge in [-0.2, -0.15) is 5.26 Å². The van der Waals surface area contributed by atoms with E-state index in [9.17, 15) is 9.83 Å². The second kappa shape index (κ2) is 7.86. The molecular formula is C14H18NO4P. The van der Waals surface area contributed by atoms with Gasteiger partial charge in [0.05, 0.1) is 20.3 Å². The van der Waals surface area contributed by atoms with Crippen molar-refractivity contribution in [3.8, 4) is 11.8 Å². The third kappa shape index (κ3) is 4.21. The molecule has 0 amide bonds. The summed E-state index contributed by atoms with van der Waals surface area (Å²) in [5.41, 5.74) is 0.724. The van der Waals surface area contributed by atoms with E-state index in [2.05, 4.69) is 0 Å². The van der Waals surface area contributed by atoms with E-state index in [1.54, 1.807) is 45.2 Å². The Morgan fingerprint density at radius 3 is 2.20 bits per heavy atom. The van der Waals surface area contributed by atoms with Crippen molar-refractivity contribution in [1.82, 2.24) is 0 Å². The fourth-order valence-electron chi connectivity index (χ4n) is 1.55. The second-order valence-corrected chi connectivity index (χ2v) is 5.74. The van der Waals surface area contributed by atoms with Gasteiger partial charge in [0, 0.05) is 0 Å². The molecule has 1 rings (SSSR count). The third-order valence-electron chi connectivity index (χ3n) is 2.43. The molecule has 0 unspecified atom stereocenters. The summed E-state index contributed by atoms with van der Waals surface area (Å²) in [7, 11) is -1.97. The molecule has 0 spiro atoms. The lowest BCUT2D eigenvalue weighted by Crippen LogP contribution is -1.97. The third-order valence-corrected chi connectivity index (χ3v) is 4.44. The molecule has 0 aliphatic carbocycles. The fourth-order valence-corrected chi connectivity index (χ4v) is 3.01. The second-order valence-electron chi connectivity index (χ2n) is 3.75. The Kier molecular flexibility index (Phi) is 6.47. The SMILES string of the molecule is CCOP(=O)(OCC)C(C#N)=Cc1ccc(OC)cc1. The van der Waals surface area contributed by atoms with Gasteiger partial charge in [-0.25, -0.2) is 0 Å². The quantitative estimate of drug-likeness (QED) is 0.565. The lowest BCUT2D eigenvalue weighted by molar-refractivity contribution is 0.227. The van der Waals surface area contributed by atoms with Gasteiger partial charge >= 0.3 is 7.60 Å². The predicted octanol–water partition coefficient (Wildman–Crippen LogP) is 3.83. The molecule has 0 saturated carbocycles. The summed E-state index contributed by atoms with van der Waals surface area (Å²) in [6.07, 6.45) is 1.51. The van der Waals surface area contributed by atoms with Crippen LogP contribution in [0.4, 0.5) is 0 Å². The molecule has 0 saturated heterocycles. The number of allylic oxidation sites excluding steroid dienone is 1. The molecule has 1 aromatic carbocycles. The van der Waals surface area contributed by atoms with Crippen LogP contribution in [0, 0.1) is 11.3 Å². The Morgan fingerprint density at radius 2 is 1.80 bits per heavy atom. The van der Waals surface area contributed by atoms with Crippen LogP contribution in [0.15, 0.2) is 29.6 Å². The summed E-state index contributed by atoms with van der Waals surface area (Å²) in [5.74, 6) is 0.707. The Labute approximate surface area is 119 Å². The molecule has 0 N–H and O–H groups in total. The number of hydrogen-bond donors (Lipinski definition) is 0. The first kappa shape index (κ1) is 16.5. The van der Waals surface area contributed by atoms with Crippen LogP contribution in [0.1, 0.15) is 19.4 Å². The van der Waals surface area contributed by atoms with E-state index in [0.29, 0.717) is 5.75 Å². The minimum atomic E-state index is -3.54. The highest BCUT2D eigenvalue weighted by molar-refractivity contribution is 7.59. The number of nitriles is 1. The minimum absolute atomic E-state index is 0.00799. The fraction of sp³-hybridized carbons (Fsp3) is 0.357. The maximum atomic E-state index is 12.5. The predicted molar refractivity (Wildman–Crippen MR) is 77.4 cm³/mol. The number of nitrogens with zero attached hydrogens (tertiary/aromatic N) is 1. The normalized spacial score (nSPS) is 12.0. The van der Waals surface area contributed by atoms with E-state index in [0.717, 1.165) is 5.56 Å². The van der Waals surface area contributed by atoms with Crippen LogP contribution in [0.3, 0.4) is 0 Å². The first-order valence-corrected chi connectivity index (χ1v) is 7.79. The summed E-state index contributed by atoms with van der Waals surface area (Å²) in [6.45, 7) is 3.82. The molecule has 108 valence electrons. The Morgan fingerprint density at radius 1 is 1.25 bits per heavy atom. The van der Waals surface area contributed by atoms with E-state index in [1.807, 2.05) is 6.07 Å². The Balaban J connectivity index is 3.11. The van der Waals surface area contributed by atoms with E-state index in [4.69, 9.17) is 13.8 Å². The summed E-state index contributed by atoms with van der Waals surface area (Å²) in [6, 6.07) is 8.94. The van der Waals surface area contributed by atoms with Crippen molar-refractivity contribution in [2.24, 2.45) is 0 Å². The largest absolute Gasteiger partial charge is 0.497 e. The van der Waals surface area contributed by atoms with Crippen molar-refractivity contribution in [3.63, 3.8) is 0 Å². The summed E-state index contributed by atoms with van der Waals surface area (Å²) < 4.78 is 27.9. The molecular weight excluding hydrogens is 277 g/mol. The van der Waals surface area contributed by atoms with Gasteiger partial charge in [-0.05, 0) is 37.6 Å². The molecule has 0 radical (unpaired) electrons. The molecule has 0 fully saturated rings. The highest BCUT2D eigenvalue weighted by atomic mass is 31.2. The van der Waals surface area contributed by atoms with Gasteiger partial charge in [0.15, 0.2) is 0 Å². The molecule has 0 aromatic heterocycles. The Bertz CT molecular complexity index is 535. The van der Waals surface area contributed by atoms with Crippen LogP contribution in [-0.4, -0.2) is 20.3 Å². The maximum absolute atomic E-state index is 12.5. The van der Waals surface area contributed by atoms with Crippen LogP contribution >= 0.6 is 7.60 Å². The first-order valence-electron chi connectivity index (χ1n) is 6.25. The van der Waals surface area contributed by atoms with Crippen molar-refractivity contribution in [2.75, 3.05) is 20.3 Å². The van der Waals surface area contributed by atoms with Crippen molar-refractivity contribution in [2.45, 2.75) is 13.8 Å². The summed E-state index contributed by atoms with van der Waals surface area (Å²) in [5, 5.41) is 9.19. The van der Waals surface area contributed by atoms with Crippen LogP contribution < -0.4 is 4.74 Å². The number of ether oxygens (including phenoxy) is 1. The topological polar surface area (TPSA) is 68.5 Å². The monoisotopic (exact) mass is 295 g/mol. The van der Waals surface area contributed by atoms with Gasteiger partial charge in [-0.3, -0.25) is 4.57 Å². The summed E-state index contributed by atoms with van der Waals surface area (Å²) in [4.78, 5) is 0. The van der Waals surface area contributed by atoms with Crippen molar-refractivity contribution >= 4 is 13.7 Å².